The number of thiocarbonyl (C=S) groups is 1. The van der Waals surface area contributed by atoms with Crippen molar-refractivity contribution in [3.8, 4) is 17.2 Å². The molecule has 39 heavy (non-hydrogen) atoms. The summed E-state index contributed by atoms with van der Waals surface area (Å²) in [6.07, 6.45) is 1.29. The van der Waals surface area contributed by atoms with E-state index in [0.29, 0.717) is 17.0 Å². The summed E-state index contributed by atoms with van der Waals surface area (Å²) in [5.41, 5.74) is 0.0592. The van der Waals surface area contributed by atoms with Crippen LogP contribution in [-0.4, -0.2) is 44.5 Å². The summed E-state index contributed by atoms with van der Waals surface area (Å²) in [5, 5.41) is 13.4. The van der Waals surface area contributed by atoms with Crippen LogP contribution in [0.5, 0.6) is 17.2 Å². The summed E-state index contributed by atoms with van der Waals surface area (Å²) < 4.78 is 41.0. The molecule has 1 aliphatic rings. The van der Waals surface area contributed by atoms with Gasteiger partial charge < -0.3 is 13.7 Å². The Morgan fingerprint density at radius 2 is 1.69 bits per heavy atom. The molecule has 4 rings (SSSR count). The van der Waals surface area contributed by atoms with E-state index in [1.54, 1.807) is 24.3 Å². The maximum Gasteiger partial charge on any atom is 0.339 e. The van der Waals surface area contributed by atoms with E-state index >= 15 is 0 Å². The summed E-state index contributed by atoms with van der Waals surface area (Å²) in [5.74, 6) is -1.09. The topological polar surface area (TPSA) is 154 Å². The number of hydrogen-bond acceptors (Lipinski definition) is 10. The largest absolute Gasteiger partial charge is 0.497 e. The van der Waals surface area contributed by atoms with Gasteiger partial charge in [0, 0.05) is 12.1 Å². The number of hydrogen-bond donors (Lipinski definition) is 1. The molecule has 0 aliphatic carbocycles. The Bertz CT molecular complexity index is 1630. The van der Waals surface area contributed by atoms with Gasteiger partial charge in [-0.15, -0.1) is 0 Å². The van der Waals surface area contributed by atoms with Gasteiger partial charge in [-0.25, -0.2) is 0 Å². The van der Waals surface area contributed by atoms with Crippen LogP contribution in [0.15, 0.2) is 77.2 Å². The molecule has 12 nitrogen and oxygen atoms in total. The van der Waals surface area contributed by atoms with Crippen molar-refractivity contribution in [1.29, 1.82) is 0 Å². The van der Waals surface area contributed by atoms with Gasteiger partial charge in [-0.3, -0.25) is 29.9 Å². The number of carbonyl (C=O) groups is 2. The summed E-state index contributed by atoms with van der Waals surface area (Å²) in [7, 11) is -1.69. The lowest BCUT2D eigenvalue weighted by molar-refractivity contribution is -0.385. The van der Waals surface area contributed by atoms with E-state index in [1.807, 2.05) is 0 Å². The molecule has 0 aromatic heterocycles. The Kier molecular flexibility index (Phi) is 7.60. The lowest BCUT2D eigenvalue weighted by atomic mass is 10.1. The summed E-state index contributed by atoms with van der Waals surface area (Å²) in [6.45, 7) is 0. The molecule has 3 aromatic rings. The zero-order valence-corrected chi connectivity index (χ0v) is 21.9. The van der Waals surface area contributed by atoms with Crippen LogP contribution in [0.4, 0.5) is 11.4 Å². The number of benzene rings is 3. The SMILES string of the molecule is COc1ccc(N2C(=O)/C(=C\c3ccc(OS(=O)(=O)c4cccc([N+](=O)[O-])c4)c(OC)c3)C(=O)NC2=S)cc1. The first-order chi connectivity index (χ1) is 18.5. The molecule has 1 fully saturated rings. The second-order valence-electron chi connectivity index (χ2n) is 7.86. The first-order valence-corrected chi connectivity index (χ1v) is 12.8. The monoisotopic (exact) mass is 569 g/mol. The molecule has 2 amide bonds. The third-order valence-electron chi connectivity index (χ3n) is 5.45. The van der Waals surface area contributed by atoms with Gasteiger partial charge >= 0.3 is 10.1 Å². The molecule has 1 aliphatic heterocycles. The zero-order valence-electron chi connectivity index (χ0n) is 20.3. The minimum absolute atomic E-state index is 0.0375. The molecule has 14 heteroatoms. The summed E-state index contributed by atoms with van der Waals surface area (Å²) in [4.78, 5) is 36.9. The lowest BCUT2D eigenvalue weighted by Crippen LogP contribution is -2.54. The fourth-order valence-electron chi connectivity index (χ4n) is 3.55. The third kappa shape index (κ3) is 5.71. The van der Waals surface area contributed by atoms with Crippen molar-refractivity contribution >= 4 is 56.7 Å². The number of amides is 2. The quantitative estimate of drug-likeness (QED) is 0.107. The predicted molar refractivity (Wildman–Crippen MR) is 143 cm³/mol. The first kappa shape index (κ1) is 27.2. The second-order valence-corrected chi connectivity index (χ2v) is 9.79. The number of methoxy groups -OCH3 is 2. The number of anilines is 1. The molecule has 0 saturated carbocycles. The van der Waals surface area contributed by atoms with E-state index in [0.717, 1.165) is 23.1 Å². The Morgan fingerprint density at radius 1 is 0.974 bits per heavy atom. The zero-order chi connectivity index (χ0) is 28.3. The van der Waals surface area contributed by atoms with Gasteiger partial charge in [-0.1, -0.05) is 12.1 Å². The second kappa shape index (κ2) is 10.9. The molecule has 0 bridgehead atoms. The lowest BCUT2D eigenvalue weighted by Gasteiger charge is -2.29. The predicted octanol–water partition coefficient (Wildman–Crippen LogP) is 3.21. The van der Waals surface area contributed by atoms with Crippen LogP contribution in [0.3, 0.4) is 0 Å². The maximum atomic E-state index is 13.2. The molecule has 1 N–H and O–H groups in total. The Hall–Kier alpha value is -4.82. The molecule has 0 radical (unpaired) electrons. The molecule has 0 atom stereocenters. The van der Waals surface area contributed by atoms with Crippen LogP contribution in [0.1, 0.15) is 5.56 Å². The minimum atomic E-state index is -4.46. The Balaban J connectivity index is 1.64. The number of non-ortho nitro benzene ring substituents is 1. The summed E-state index contributed by atoms with van der Waals surface area (Å²) in [6, 6.07) is 14.9. The van der Waals surface area contributed by atoms with E-state index in [-0.39, 0.29) is 22.2 Å². The van der Waals surface area contributed by atoms with Crippen molar-refractivity contribution in [2.45, 2.75) is 4.90 Å². The average molecular weight is 570 g/mol. The van der Waals surface area contributed by atoms with Crippen molar-refractivity contribution in [2.24, 2.45) is 0 Å². The maximum absolute atomic E-state index is 13.2. The van der Waals surface area contributed by atoms with Crippen LogP contribution in [-0.2, 0) is 19.7 Å². The number of nitro benzene ring substituents is 1. The highest BCUT2D eigenvalue weighted by Crippen LogP contribution is 2.33. The minimum Gasteiger partial charge on any atom is -0.497 e. The number of carbonyl (C=O) groups excluding carboxylic acids is 2. The average Bonchev–Trinajstić information content (AvgIpc) is 2.92. The number of ether oxygens (including phenoxy) is 2. The molecule has 3 aromatic carbocycles. The first-order valence-electron chi connectivity index (χ1n) is 11.0. The number of nitrogens with zero attached hydrogens (tertiary/aromatic N) is 2. The molecule has 0 spiro atoms. The van der Waals surface area contributed by atoms with E-state index < -0.39 is 37.4 Å². The summed E-state index contributed by atoms with van der Waals surface area (Å²) >= 11 is 5.20. The number of nitrogens with one attached hydrogen (secondary N) is 1. The fraction of sp³-hybridized carbons (Fsp3) is 0.0800. The van der Waals surface area contributed by atoms with E-state index in [4.69, 9.17) is 25.9 Å². The standard InChI is InChI=1S/C25H19N3O9S2/c1-35-18-9-7-16(8-10-18)27-24(30)20(23(29)26-25(27)38)12-15-6-11-21(22(13-15)36-2)37-39(33,34)19-5-3-4-17(14-19)28(31)32/h3-14H,1-2H3,(H,26,29,38)/b20-12-. The normalized spacial score (nSPS) is 14.7. The molecular weight excluding hydrogens is 550 g/mol. The van der Waals surface area contributed by atoms with Crippen molar-refractivity contribution in [3.63, 3.8) is 0 Å². The van der Waals surface area contributed by atoms with Gasteiger partial charge in [0.25, 0.3) is 17.5 Å². The molecule has 200 valence electrons. The van der Waals surface area contributed by atoms with E-state index in [9.17, 15) is 28.1 Å². The highest BCUT2D eigenvalue weighted by molar-refractivity contribution is 7.87. The third-order valence-corrected chi connectivity index (χ3v) is 6.96. The fourth-order valence-corrected chi connectivity index (χ4v) is 4.81. The molecular formula is C25H19N3O9S2. The van der Waals surface area contributed by atoms with Crippen molar-refractivity contribution in [1.82, 2.24) is 5.32 Å². The van der Waals surface area contributed by atoms with Crippen LogP contribution < -0.4 is 23.9 Å². The van der Waals surface area contributed by atoms with Crippen LogP contribution in [0, 0.1) is 10.1 Å². The van der Waals surface area contributed by atoms with Crippen LogP contribution in [0.25, 0.3) is 6.08 Å². The van der Waals surface area contributed by atoms with Crippen LogP contribution in [0.2, 0.25) is 0 Å². The van der Waals surface area contributed by atoms with Gasteiger partial charge in [0.2, 0.25) is 0 Å². The van der Waals surface area contributed by atoms with Crippen LogP contribution >= 0.6 is 12.2 Å². The molecule has 1 saturated heterocycles. The Morgan fingerprint density at radius 3 is 2.33 bits per heavy atom. The highest BCUT2D eigenvalue weighted by Gasteiger charge is 2.34. The smallest absolute Gasteiger partial charge is 0.339 e. The molecule has 0 unspecified atom stereocenters. The Labute approximate surface area is 227 Å². The van der Waals surface area contributed by atoms with Crippen molar-refractivity contribution < 1.29 is 36.6 Å². The van der Waals surface area contributed by atoms with E-state index in [1.165, 1.54) is 44.6 Å². The van der Waals surface area contributed by atoms with Gasteiger partial charge in [0.1, 0.15) is 16.2 Å². The van der Waals surface area contributed by atoms with Gasteiger partial charge in [0.15, 0.2) is 16.6 Å². The number of rotatable bonds is 8. The van der Waals surface area contributed by atoms with Gasteiger partial charge in [-0.05, 0) is 66.3 Å². The highest BCUT2D eigenvalue weighted by atomic mass is 32.2. The van der Waals surface area contributed by atoms with Crippen molar-refractivity contribution in [2.75, 3.05) is 19.1 Å². The molecule has 1 heterocycles. The van der Waals surface area contributed by atoms with E-state index in [2.05, 4.69) is 5.32 Å². The van der Waals surface area contributed by atoms with Crippen molar-refractivity contribution in [3.05, 3.63) is 88.0 Å². The number of nitro groups is 1. The van der Waals surface area contributed by atoms with Gasteiger partial charge in [0.05, 0.1) is 24.8 Å². The van der Waals surface area contributed by atoms with Gasteiger partial charge in [-0.2, -0.15) is 8.42 Å².